The van der Waals surface area contributed by atoms with Crippen LogP contribution in [-0.2, 0) is 0 Å². The summed E-state index contributed by atoms with van der Waals surface area (Å²) in [6.07, 6.45) is 17.9. The largest absolute Gasteiger partial charge is 0.361 e. The molecule has 2 rings (SSSR count). The van der Waals surface area contributed by atoms with Crippen LogP contribution in [0.3, 0.4) is 0 Å². The van der Waals surface area contributed by atoms with Gasteiger partial charge in [0.1, 0.15) is 0 Å². The summed E-state index contributed by atoms with van der Waals surface area (Å²) in [4.78, 5) is 3.34. The number of nitrogens with one attached hydrogen (secondary N) is 1. The molecule has 2 aromatic rings. The minimum absolute atomic E-state index is 0.671. The third-order valence-electron chi connectivity index (χ3n) is 4.49. The van der Waals surface area contributed by atoms with Crippen LogP contribution in [0.25, 0.3) is 17.0 Å². The Kier molecular flexibility index (Phi) is 7.28. The number of benzene rings is 1. The molecule has 1 aromatic heterocycles. The van der Waals surface area contributed by atoms with Gasteiger partial charge >= 0.3 is 0 Å². The van der Waals surface area contributed by atoms with Crippen LogP contribution in [0.2, 0.25) is 0 Å². The van der Waals surface area contributed by atoms with Crippen molar-refractivity contribution in [2.75, 3.05) is 0 Å². The average molecular weight is 297 g/mol. The van der Waals surface area contributed by atoms with Crippen LogP contribution < -0.4 is 0 Å². The van der Waals surface area contributed by atoms with Gasteiger partial charge < -0.3 is 4.98 Å². The van der Waals surface area contributed by atoms with E-state index >= 15 is 0 Å². The van der Waals surface area contributed by atoms with Crippen molar-refractivity contribution in [2.45, 2.75) is 65.2 Å². The maximum Gasteiger partial charge on any atom is 0.0460 e. The first kappa shape index (κ1) is 16.9. The quantitative estimate of drug-likeness (QED) is 0.456. The highest BCUT2D eigenvalue weighted by Crippen LogP contribution is 2.20. The maximum atomic E-state index is 3.34. The number of H-pyrrole nitrogens is 1. The van der Waals surface area contributed by atoms with E-state index in [2.05, 4.69) is 61.4 Å². The molecule has 1 aromatic carbocycles. The SMILES string of the molecule is CCCCCCCCCC(C)/C=C/c1c[nH]c2ccccc12. The van der Waals surface area contributed by atoms with E-state index in [0.29, 0.717) is 5.92 Å². The van der Waals surface area contributed by atoms with E-state index in [-0.39, 0.29) is 0 Å². The van der Waals surface area contributed by atoms with Gasteiger partial charge in [-0.2, -0.15) is 0 Å². The van der Waals surface area contributed by atoms with Crippen molar-refractivity contribution in [1.82, 2.24) is 4.98 Å². The Labute approximate surface area is 135 Å². The summed E-state index contributed by atoms with van der Waals surface area (Å²) in [5, 5.41) is 1.32. The number of fused-ring (bicyclic) bond motifs is 1. The molecule has 0 aliphatic carbocycles. The molecule has 0 radical (unpaired) electrons. The molecule has 1 atom stereocenters. The average Bonchev–Trinajstić information content (AvgIpc) is 2.95. The zero-order chi connectivity index (χ0) is 15.6. The minimum Gasteiger partial charge on any atom is -0.361 e. The van der Waals surface area contributed by atoms with Gasteiger partial charge in [0, 0.05) is 17.1 Å². The van der Waals surface area contributed by atoms with E-state index in [1.165, 1.54) is 67.8 Å². The van der Waals surface area contributed by atoms with Crippen LogP contribution in [0.1, 0.15) is 70.8 Å². The number of allylic oxidation sites excluding steroid dienone is 1. The topological polar surface area (TPSA) is 15.8 Å². The van der Waals surface area contributed by atoms with Crippen molar-refractivity contribution in [3.05, 3.63) is 42.1 Å². The van der Waals surface area contributed by atoms with E-state index in [1.807, 2.05) is 0 Å². The lowest BCUT2D eigenvalue weighted by Gasteiger charge is -2.06. The first-order valence-corrected chi connectivity index (χ1v) is 9.05. The number of para-hydroxylation sites is 1. The van der Waals surface area contributed by atoms with Gasteiger partial charge in [-0.05, 0) is 24.0 Å². The van der Waals surface area contributed by atoms with Gasteiger partial charge in [-0.3, -0.25) is 0 Å². The molecule has 0 spiro atoms. The third-order valence-corrected chi connectivity index (χ3v) is 4.49. The zero-order valence-electron chi connectivity index (χ0n) is 14.3. The van der Waals surface area contributed by atoms with Crippen molar-refractivity contribution in [2.24, 2.45) is 5.92 Å². The van der Waals surface area contributed by atoms with Gasteiger partial charge in [-0.25, -0.2) is 0 Å². The second-order valence-electron chi connectivity index (χ2n) is 6.54. The Morgan fingerprint density at radius 2 is 1.73 bits per heavy atom. The van der Waals surface area contributed by atoms with Crippen LogP contribution in [0.4, 0.5) is 0 Å². The zero-order valence-corrected chi connectivity index (χ0v) is 14.3. The number of unbranched alkanes of at least 4 members (excludes halogenated alkanes) is 6. The highest BCUT2D eigenvalue weighted by atomic mass is 14.7. The molecule has 1 N–H and O–H groups in total. The highest BCUT2D eigenvalue weighted by Gasteiger charge is 2.01. The number of aromatic amines is 1. The summed E-state index contributed by atoms with van der Waals surface area (Å²) in [6, 6.07) is 8.51. The van der Waals surface area contributed by atoms with Crippen LogP contribution in [0, 0.1) is 5.92 Å². The van der Waals surface area contributed by atoms with Crippen molar-refractivity contribution in [3.63, 3.8) is 0 Å². The molecular formula is C21H31N. The van der Waals surface area contributed by atoms with Gasteiger partial charge in [0.2, 0.25) is 0 Å². The Morgan fingerprint density at radius 3 is 2.55 bits per heavy atom. The van der Waals surface area contributed by atoms with Crippen molar-refractivity contribution in [3.8, 4) is 0 Å². The van der Waals surface area contributed by atoms with Gasteiger partial charge in [0.15, 0.2) is 0 Å². The van der Waals surface area contributed by atoms with Crippen LogP contribution in [-0.4, -0.2) is 4.98 Å². The molecule has 22 heavy (non-hydrogen) atoms. The molecule has 0 aliphatic rings. The summed E-state index contributed by atoms with van der Waals surface area (Å²) < 4.78 is 0. The first-order valence-electron chi connectivity index (χ1n) is 9.05. The predicted octanol–water partition coefficient (Wildman–Crippen LogP) is 6.96. The van der Waals surface area contributed by atoms with Gasteiger partial charge in [0.25, 0.3) is 0 Å². The summed E-state index contributed by atoms with van der Waals surface area (Å²) >= 11 is 0. The second-order valence-corrected chi connectivity index (χ2v) is 6.54. The second kappa shape index (κ2) is 9.50. The molecule has 1 heteroatoms. The molecule has 120 valence electrons. The Bertz CT molecular complexity index is 564. The van der Waals surface area contributed by atoms with Crippen LogP contribution >= 0.6 is 0 Å². The molecule has 1 unspecified atom stereocenters. The van der Waals surface area contributed by atoms with E-state index in [0.717, 1.165) is 0 Å². The number of hydrogen-bond donors (Lipinski definition) is 1. The van der Waals surface area contributed by atoms with Gasteiger partial charge in [-0.1, -0.05) is 89.1 Å². The summed E-state index contributed by atoms with van der Waals surface area (Å²) in [7, 11) is 0. The predicted molar refractivity (Wildman–Crippen MR) is 99.1 cm³/mol. The van der Waals surface area contributed by atoms with E-state index < -0.39 is 0 Å². The van der Waals surface area contributed by atoms with Gasteiger partial charge in [0.05, 0.1) is 0 Å². The number of rotatable bonds is 10. The van der Waals surface area contributed by atoms with E-state index in [4.69, 9.17) is 0 Å². The number of aromatic nitrogens is 1. The molecule has 0 bridgehead atoms. The molecular weight excluding hydrogens is 266 g/mol. The lowest BCUT2D eigenvalue weighted by Crippen LogP contribution is -1.90. The minimum atomic E-state index is 0.671. The van der Waals surface area contributed by atoms with E-state index in [9.17, 15) is 0 Å². The molecule has 0 saturated heterocycles. The summed E-state index contributed by atoms with van der Waals surface area (Å²) in [5.74, 6) is 0.671. The van der Waals surface area contributed by atoms with E-state index in [1.54, 1.807) is 0 Å². The highest BCUT2D eigenvalue weighted by molar-refractivity contribution is 5.88. The Morgan fingerprint density at radius 1 is 1.00 bits per heavy atom. The summed E-state index contributed by atoms with van der Waals surface area (Å²) in [5.41, 5.74) is 2.53. The normalized spacial score (nSPS) is 13.2. The Balaban J connectivity index is 1.69. The van der Waals surface area contributed by atoms with Crippen molar-refractivity contribution in [1.29, 1.82) is 0 Å². The lowest BCUT2D eigenvalue weighted by molar-refractivity contribution is 0.538. The molecule has 1 nitrogen and oxygen atoms in total. The smallest absolute Gasteiger partial charge is 0.0460 e. The number of hydrogen-bond acceptors (Lipinski definition) is 0. The fourth-order valence-corrected chi connectivity index (χ4v) is 3.02. The molecule has 0 fully saturated rings. The van der Waals surface area contributed by atoms with Crippen LogP contribution in [0.15, 0.2) is 36.5 Å². The standard InChI is InChI=1S/C21H31N/c1-3-4-5-6-7-8-9-12-18(2)15-16-19-17-22-21-14-11-10-13-20(19)21/h10-11,13-18,22H,3-9,12H2,1-2H3/b16-15+. The van der Waals surface area contributed by atoms with Crippen molar-refractivity contribution >= 4 is 17.0 Å². The first-order chi connectivity index (χ1) is 10.8. The monoisotopic (exact) mass is 297 g/mol. The van der Waals surface area contributed by atoms with Crippen LogP contribution in [0.5, 0.6) is 0 Å². The molecule has 0 saturated carbocycles. The van der Waals surface area contributed by atoms with Gasteiger partial charge in [-0.15, -0.1) is 0 Å². The molecule has 0 amide bonds. The summed E-state index contributed by atoms with van der Waals surface area (Å²) in [6.45, 7) is 4.62. The molecule has 1 heterocycles. The Hall–Kier alpha value is -1.50. The van der Waals surface area contributed by atoms with Crippen molar-refractivity contribution < 1.29 is 0 Å². The fourth-order valence-electron chi connectivity index (χ4n) is 3.02. The lowest BCUT2D eigenvalue weighted by atomic mass is 10.0. The fraction of sp³-hybridized carbons (Fsp3) is 0.524. The third kappa shape index (κ3) is 5.36. The molecule has 0 aliphatic heterocycles. The maximum absolute atomic E-state index is 3.34.